The second-order valence-corrected chi connectivity index (χ2v) is 9.84. The lowest BCUT2D eigenvalue weighted by Crippen LogP contribution is -2.50. The van der Waals surface area contributed by atoms with Gasteiger partial charge in [0, 0.05) is 0 Å². The molecular weight excluding hydrogens is 504 g/mol. The van der Waals surface area contributed by atoms with Crippen LogP contribution in [0.1, 0.15) is 22.3 Å². The highest BCUT2D eigenvalue weighted by Crippen LogP contribution is 2.28. The molecule has 4 aromatic carbocycles. The Kier molecular flexibility index (Phi) is 10.5. The van der Waals surface area contributed by atoms with Gasteiger partial charge in [-0.05, 0) is 22.3 Å². The van der Waals surface area contributed by atoms with Crippen molar-refractivity contribution in [3.63, 3.8) is 0 Å². The molecule has 1 N–H and O–H groups in total. The molecule has 5 rings (SSSR count). The van der Waals surface area contributed by atoms with E-state index in [4.69, 9.17) is 23.7 Å². The van der Waals surface area contributed by atoms with Crippen LogP contribution in [-0.2, 0) is 50.1 Å². The molecule has 208 valence electrons. The average molecular weight is 541 g/mol. The van der Waals surface area contributed by atoms with E-state index in [-0.39, 0.29) is 13.2 Å². The molecule has 6 heteroatoms. The Morgan fingerprint density at radius 3 is 1.25 bits per heavy atom. The number of aliphatic hydroxyl groups excluding tert-OH is 1. The fraction of sp³-hybridized carbons (Fsp3) is 0.294. The van der Waals surface area contributed by atoms with Crippen molar-refractivity contribution < 1.29 is 28.8 Å². The molecule has 1 aliphatic rings. The highest BCUT2D eigenvalue weighted by atomic mass is 16.7. The van der Waals surface area contributed by atoms with E-state index in [0.29, 0.717) is 19.8 Å². The monoisotopic (exact) mass is 540 g/mol. The van der Waals surface area contributed by atoms with Gasteiger partial charge in [-0.2, -0.15) is 0 Å². The Balaban J connectivity index is 1.41. The van der Waals surface area contributed by atoms with Gasteiger partial charge in [-0.1, -0.05) is 121 Å². The van der Waals surface area contributed by atoms with Gasteiger partial charge in [0.15, 0.2) is 6.29 Å². The van der Waals surface area contributed by atoms with Gasteiger partial charge < -0.3 is 28.8 Å². The number of hydrogen-bond acceptors (Lipinski definition) is 6. The molecule has 1 fully saturated rings. The molecule has 6 nitrogen and oxygen atoms in total. The van der Waals surface area contributed by atoms with Crippen LogP contribution in [0.25, 0.3) is 0 Å². The summed E-state index contributed by atoms with van der Waals surface area (Å²) in [6.07, 6.45) is -3.80. The third-order valence-electron chi connectivity index (χ3n) is 6.89. The molecule has 0 amide bonds. The van der Waals surface area contributed by atoms with E-state index in [1.165, 1.54) is 0 Å². The molecule has 1 aliphatic heterocycles. The van der Waals surface area contributed by atoms with Gasteiger partial charge in [-0.3, -0.25) is 0 Å². The Morgan fingerprint density at radius 2 is 0.825 bits per heavy atom. The Bertz CT molecular complexity index is 1240. The van der Waals surface area contributed by atoms with Crippen molar-refractivity contribution in [1.29, 1.82) is 0 Å². The maximum Gasteiger partial charge on any atom is 0.183 e. The largest absolute Gasteiger partial charge is 0.368 e. The average Bonchev–Trinajstić information content (AvgIpc) is 3.14. The zero-order valence-corrected chi connectivity index (χ0v) is 22.5. The van der Waals surface area contributed by atoms with E-state index >= 15 is 0 Å². The smallest absolute Gasteiger partial charge is 0.183 e. The molecule has 1 saturated heterocycles. The molecular formula is C34H36O6. The number of aliphatic hydroxyl groups is 1. The van der Waals surface area contributed by atoms with E-state index in [2.05, 4.69) is 0 Å². The first-order valence-electron chi connectivity index (χ1n) is 13.7. The number of ether oxygens (including phenoxy) is 5. The summed E-state index contributed by atoms with van der Waals surface area (Å²) in [5.41, 5.74) is 4.05. The van der Waals surface area contributed by atoms with Crippen LogP contribution in [-0.4, -0.2) is 42.4 Å². The summed E-state index contributed by atoms with van der Waals surface area (Å²) >= 11 is 0. The van der Waals surface area contributed by atoms with Gasteiger partial charge in [-0.25, -0.2) is 0 Å². The van der Waals surface area contributed by atoms with Gasteiger partial charge in [0.05, 0.1) is 33.0 Å². The zero-order valence-electron chi connectivity index (χ0n) is 22.5. The van der Waals surface area contributed by atoms with Crippen LogP contribution in [0.15, 0.2) is 121 Å². The third kappa shape index (κ3) is 8.08. The first-order valence-corrected chi connectivity index (χ1v) is 13.7. The van der Waals surface area contributed by atoms with Crippen LogP contribution in [0.2, 0.25) is 0 Å². The van der Waals surface area contributed by atoms with E-state index in [1.54, 1.807) is 0 Å². The number of rotatable bonds is 12. The normalized spacial score (nSPS) is 23.0. The lowest BCUT2D eigenvalue weighted by molar-refractivity contribution is -0.220. The maximum atomic E-state index is 11.2. The number of benzene rings is 4. The van der Waals surface area contributed by atoms with Crippen LogP contribution < -0.4 is 0 Å². The molecule has 0 aliphatic carbocycles. The molecule has 0 unspecified atom stereocenters. The summed E-state index contributed by atoms with van der Waals surface area (Å²) in [6, 6.07) is 39.7. The molecule has 0 aromatic heterocycles. The minimum atomic E-state index is -1.22. The van der Waals surface area contributed by atoms with Gasteiger partial charge in [0.2, 0.25) is 0 Å². The topological polar surface area (TPSA) is 66.4 Å². The third-order valence-corrected chi connectivity index (χ3v) is 6.89. The minimum absolute atomic E-state index is 0.129. The van der Waals surface area contributed by atoms with Crippen LogP contribution in [0.5, 0.6) is 0 Å². The van der Waals surface area contributed by atoms with Crippen LogP contribution in [0.4, 0.5) is 0 Å². The summed E-state index contributed by atoms with van der Waals surface area (Å²) in [5, 5.41) is 11.2. The second-order valence-electron chi connectivity index (χ2n) is 9.84. The summed E-state index contributed by atoms with van der Waals surface area (Å²) in [4.78, 5) is 0. The fourth-order valence-corrected chi connectivity index (χ4v) is 4.73. The van der Waals surface area contributed by atoms with E-state index in [0.717, 1.165) is 22.3 Å². The van der Waals surface area contributed by atoms with Crippen LogP contribution >= 0.6 is 0 Å². The van der Waals surface area contributed by atoms with E-state index in [1.807, 2.05) is 121 Å². The Morgan fingerprint density at radius 1 is 0.475 bits per heavy atom. The van der Waals surface area contributed by atoms with Crippen LogP contribution in [0, 0.1) is 0 Å². The zero-order chi connectivity index (χ0) is 27.4. The quantitative estimate of drug-likeness (QED) is 0.250. The standard InChI is InChI=1S/C34H36O6/c35-34-33(39-24-29-19-11-4-12-20-29)32(38-23-28-17-9-3-10-18-28)31(37-22-27-15-7-2-8-16-27)30(25-40-34)36-21-26-13-5-1-6-14-26/h1-20,30-35H,21-25H2/t30-,31+,32-,33+,34+/m1/s1. The second kappa shape index (κ2) is 14.9. The molecule has 4 aromatic rings. The van der Waals surface area contributed by atoms with Gasteiger partial charge in [0.1, 0.15) is 24.4 Å². The summed E-state index contributed by atoms with van der Waals surface area (Å²) in [7, 11) is 0. The molecule has 0 spiro atoms. The molecule has 0 bridgehead atoms. The van der Waals surface area contributed by atoms with Crippen molar-refractivity contribution in [1.82, 2.24) is 0 Å². The molecule has 0 radical (unpaired) electrons. The SMILES string of the molecule is O[C@H]1OC[C@@H](OCc2ccccc2)[C@H](OCc2ccccc2)[C@@H](OCc2ccccc2)[C@@H]1OCc1ccccc1. The lowest BCUT2D eigenvalue weighted by atomic mass is 10.0. The predicted molar refractivity (Wildman–Crippen MR) is 152 cm³/mol. The van der Waals surface area contributed by atoms with Crippen molar-refractivity contribution in [2.75, 3.05) is 6.61 Å². The van der Waals surface area contributed by atoms with Crippen LogP contribution in [0.3, 0.4) is 0 Å². The first-order chi connectivity index (χ1) is 19.8. The maximum absolute atomic E-state index is 11.2. The van der Waals surface area contributed by atoms with Crippen molar-refractivity contribution in [2.24, 2.45) is 0 Å². The van der Waals surface area contributed by atoms with E-state index in [9.17, 15) is 5.11 Å². The predicted octanol–water partition coefficient (Wildman–Crippen LogP) is 5.68. The Hall–Kier alpha value is -3.36. The highest BCUT2D eigenvalue weighted by molar-refractivity contribution is 5.16. The fourth-order valence-electron chi connectivity index (χ4n) is 4.73. The Labute approximate surface area is 236 Å². The summed E-state index contributed by atoms with van der Waals surface area (Å²) in [6.45, 7) is 1.46. The van der Waals surface area contributed by atoms with Gasteiger partial charge in [-0.15, -0.1) is 0 Å². The van der Waals surface area contributed by atoms with Crippen molar-refractivity contribution in [3.05, 3.63) is 144 Å². The molecule has 5 atom stereocenters. The van der Waals surface area contributed by atoms with Crippen molar-refractivity contribution >= 4 is 0 Å². The van der Waals surface area contributed by atoms with Gasteiger partial charge >= 0.3 is 0 Å². The van der Waals surface area contributed by atoms with Crippen molar-refractivity contribution in [2.45, 2.75) is 57.1 Å². The molecule has 40 heavy (non-hydrogen) atoms. The highest BCUT2D eigenvalue weighted by Gasteiger charge is 2.45. The summed E-state index contributed by atoms with van der Waals surface area (Å²) in [5.74, 6) is 0. The lowest BCUT2D eigenvalue weighted by Gasteiger charge is -2.35. The number of hydrogen-bond donors (Lipinski definition) is 1. The van der Waals surface area contributed by atoms with Crippen molar-refractivity contribution in [3.8, 4) is 0 Å². The summed E-state index contributed by atoms with van der Waals surface area (Å²) < 4.78 is 31.7. The van der Waals surface area contributed by atoms with Gasteiger partial charge in [0.25, 0.3) is 0 Å². The minimum Gasteiger partial charge on any atom is -0.368 e. The molecule has 0 saturated carbocycles. The first kappa shape index (κ1) is 28.2. The molecule has 1 heterocycles. The van der Waals surface area contributed by atoms with E-state index < -0.39 is 30.7 Å².